The standard InChI is InChI=1S/C19H17N5OS/c1-13-11-18(21)24(26-13)19(22-15-5-3-14(12-20)4-6-15)23-16-7-9-17(25-2)10-8-16/h3-11,21H,1-2H3,(H,22,23). The molecule has 130 valence electrons. The van der Waals surface area contributed by atoms with Crippen LogP contribution < -0.4 is 15.5 Å². The molecule has 0 aliphatic carbocycles. The minimum atomic E-state index is 0.348. The summed E-state index contributed by atoms with van der Waals surface area (Å²) in [6, 6.07) is 18.4. The second-order valence-corrected chi connectivity index (χ2v) is 6.67. The van der Waals surface area contributed by atoms with Gasteiger partial charge in [0.1, 0.15) is 11.2 Å². The van der Waals surface area contributed by atoms with E-state index in [1.165, 1.54) is 11.5 Å². The summed E-state index contributed by atoms with van der Waals surface area (Å²) in [5.41, 5.74) is 2.45. The fraction of sp³-hybridized carbons (Fsp3) is 0.105. The second kappa shape index (κ2) is 7.68. The molecule has 0 atom stereocenters. The van der Waals surface area contributed by atoms with Crippen molar-refractivity contribution in [2.75, 3.05) is 12.4 Å². The van der Waals surface area contributed by atoms with Gasteiger partial charge in [-0.3, -0.25) is 5.41 Å². The van der Waals surface area contributed by atoms with Gasteiger partial charge in [0, 0.05) is 10.6 Å². The van der Waals surface area contributed by atoms with Gasteiger partial charge >= 0.3 is 0 Å². The van der Waals surface area contributed by atoms with Gasteiger partial charge in [0.25, 0.3) is 0 Å². The molecule has 0 amide bonds. The molecule has 0 bridgehead atoms. The lowest BCUT2D eigenvalue weighted by atomic mass is 10.2. The summed E-state index contributed by atoms with van der Waals surface area (Å²) in [6.45, 7) is 1.95. The van der Waals surface area contributed by atoms with E-state index in [4.69, 9.17) is 15.4 Å². The second-order valence-electron chi connectivity index (χ2n) is 5.47. The van der Waals surface area contributed by atoms with Gasteiger partial charge in [0.2, 0.25) is 5.96 Å². The number of hydrogen-bond acceptors (Lipinski definition) is 5. The van der Waals surface area contributed by atoms with Gasteiger partial charge < -0.3 is 10.1 Å². The molecule has 26 heavy (non-hydrogen) atoms. The van der Waals surface area contributed by atoms with Crippen molar-refractivity contribution in [2.24, 2.45) is 4.99 Å². The summed E-state index contributed by atoms with van der Waals surface area (Å²) < 4.78 is 6.90. The van der Waals surface area contributed by atoms with Crippen molar-refractivity contribution < 1.29 is 4.74 Å². The lowest BCUT2D eigenvalue weighted by Gasteiger charge is -2.11. The van der Waals surface area contributed by atoms with Crippen molar-refractivity contribution in [3.05, 3.63) is 70.5 Å². The summed E-state index contributed by atoms with van der Waals surface area (Å²) in [4.78, 5) is 5.65. The predicted molar refractivity (Wildman–Crippen MR) is 103 cm³/mol. The van der Waals surface area contributed by atoms with Gasteiger partial charge in [0.15, 0.2) is 0 Å². The van der Waals surface area contributed by atoms with Crippen LogP contribution in [0.2, 0.25) is 0 Å². The normalized spacial score (nSPS) is 11.0. The predicted octanol–water partition coefficient (Wildman–Crippen LogP) is 3.87. The van der Waals surface area contributed by atoms with Crippen molar-refractivity contribution in [3.8, 4) is 11.8 Å². The highest BCUT2D eigenvalue weighted by Gasteiger charge is 2.08. The molecule has 1 heterocycles. The van der Waals surface area contributed by atoms with Crippen LogP contribution in [0.15, 0.2) is 59.6 Å². The summed E-state index contributed by atoms with van der Waals surface area (Å²) in [5, 5.41) is 20.4. The molecule has 2 aromatic carbocycles. The third kappa shape index (κ3) is 3.99. The van der Waals surface area contributed by atoms with E-state index in [-0.39, 0.29) is 0 Å². The maximum absolute atomic E-state index is 8.93. The molecular formula is C19H17N5OS. The molecule has 6 nitrogen and oxygen atoms in total. The van der Waals surface area contributed by atoms with Gasteiger partial charge in [0.05, 0.1) is 24.4 Å². The quantitative estimate of drug-likeness (QED) is 0.547. The minimum Gasteiger partial charge on any atom is -0.497 e. The van der Waals surface area contributed by atoms with E-state index >= 15 is 0 Å². The number of aryl methyl sites for hydroxylation is 1. The number of methoxy groups -OCH3 is 1. The number of nitrogens with zero attached hydrogens (tertiary/aromatic N) is 3. The van der Waals surface area contributed by atoms with Crippen LogP contribution in [0, 0.1) is 23.7 Å². The summed E-state index contributed by atoms with van der Waals surface area (Å²) in [7, 11) is 1.62. The molecule has 2 N–H and O–H groups in total. The first-order chi connectivity index (χ1) is 12.6. The molecule has 3 aromatic rings. The largest absolute Gasteiger partial charge is 0.497 e. The van der Waals surface area contributed by atoms with Crippen molar-refractivity contribution in [2.45, 2.75) is 6.92 Å². The Morgan fingerprint density at radius 2 is 1.88 bits per heavy atom. The van der Waals surface area contributed by atoms with Crippen LogP contribution in [0.4, 0.5) is 11.4 Å². The van der Waals surface area contributed by atoms with Crippen LogP contribution in [0.3, 0.4) is 0 Å². The van der Waals surface area contributed by atoms with Crippen LogP contribution in [0.1, 0.15) is 10.4 Å². The van der Waals surface area contributed by atoms with Gasteiger partial charge in [-0.25, -0.2) is 8.95 Å². The van der Waals surface area contributed by atoms with Crippen LogP contribution in [-0.4, -0.2) is 17.0 Å². The SMILES string of the molecule is COc1ccc(NC(=Nc2ccc(C#N)cc2)n2sc(C)cc2=N)cc1. The number of aliphatic imine (C=N–C) groups is 1. The average molecular weight is 363 g/mol. The lowest BCUT2D eigenvalue weighted by Crippen LogP contribution is -2.28. The summed E-state index contributed by atoms with van der Waals surface area (Å²) in [6.07, 6.45) is 0. The van der Waals surface area contributed by atoms with Crippen molar-refractivity contribution >= 4 is 28.9 Å². The van der Waals surface area contributed by atoms with Gasteiger partial charge in [-0.1, -0.05) is 11.5 Å². The van der Waals surface area contributed by atoms with E-state index in [1.54, 1.807) is 41.4 Å². The third-order valence-electron chi connectivity index (χ3n) is 3.56. The highest BCUT2D eigenvalue weighted by molar-refractivity contribution is 7.07. The summed E-state index contributed by atoms with van der Waals surface area (Å²) in [5.74, 6) is 1.28. The van der Waals surface area contributed by atoms with E-state index in [2.05, 4.69) is 16.4 Å². The Labute approximate surface area is 155 Å². The van der Waals surface area contributed by atoms with Crippen LogP contribution in [0.25, 0.3) is 0 Å². The van der Waals surface area contributed by atoms with Crippen LogP contribution >= 0.6 is 11.5 Å². The van der Waals surface area contributed by atoms with Crippen LogP contribution in [0.5, 0.6) is 5.75 Å². The number of nitriles is 1. The Bertz CT molecular complexity index is 1020. The zero-order chi connectivity index (χ0) is 18.5. The number of aromatic nitrogens is 1. The highest BCUT2D eigenvalue weighted by atomic mass is 32.1. The topological polar surface area (TPSA) is 86.2 Å². The molecule has 0 aliphatic rings. The highest BCUT2D eigenvalue weighted by Crippen LogP contribution is 2.18. The van der Waals surface area contributed by atoms with E-state index < -0.39 is 0 Å². The van der Waals surface area contributed by atoms with E-state index in [0.29, 0.717) is 22.7 Å². The van der Waals surface area contributed by atoms with Crippen molar-refractivity contribution in [1.29, 1.82) is 10.7 Å². The molecule has 0 unspecified atom stereocenters. The molecule has 3 rings (SSSR count). The molecule has 1 aromatic heterocycles. The molecule has 7 heteroatoms. The van der Waals surface area contributed by atoms with E-state index in [0.717, 1.165) is 16.3 Å². The Kier molecular flexibility index (Phi) is 5.15. The first kappa shape index (κ1) is 17.5. The Morgan fingerprint density at radius 3 is 2.42 bits per heavy atom. The van der Waals surface area contributed by atoms with Crippen LogP contribution in [-0.2, 0) is 0 Å². The number of anilines is 1. The Balaban J connectivity index is 2.00. The number of nitrogens with one attached hydrogen (secondary N) is 2. The van der Waals surface area contributed by atoms with E-state index in [9.17, 15) is 0 Å². The first-order valence-electron chi connectivity index (χ1n) is 7.84. The number of rotatable bonds is 3. The fourth-order valence-electron chi connectivity index (χ4n) is 2.29. The average Bonchev–Trinajstić information content (AvgIpc) is 3.00. The maximum atomic E-state index is 8.93. The van der Waals surface area contributed by atoms with Gasteiger partial charge in [-0.15, -0.1) is 0 Å². The Hall–Kier alpha value is -3.37. The number of hydrogen-bond donors (Lipinski definition) is 2. The molecule has 0 saturated heterocycles. The lowest BCUT2D eigenvalue weighted by molar-refractivity contribution is 0.415. The molecule has 0 saturated carbocycles. The molecular weight excluding hydrogens is 346 g/mol. The molecule has 0 radical (unpaired) electrons. The number of ether oxygens (including phenoxy) is 1. The van der Waals surface area contributed by atoms with Crippen molar-refractivity contribution in [1.82, 2.24) is 3.96 Å². The van der Waals surface area contributed by atoms with Gasteiger partial charge in [-0.2, -0.15) is 5.26 Å². The zero-order valence-electron chi connectivity index (χ0n) is 14.4. The summed E-state index contributed by atoms with van der Waals surface area (Å²) >= 11 is 1.44. The monoisotopic (exact) mass is 363 g/mol. The molecule has 0 fully saturated rings. The van der Waals surface area contributed by atoms with E-state index in [1.807, 2.05) is 31.2 Å². The maximum Gasteiger partial charge on any atom is 0.223 e. The minimum absolute atomic E-state index is 0.348. The van der Waals surface area contributed by atoms with Gasteiger partial charge in [-0.05, 0) is 61.5 Å². The molecule has 0 aliphatic heterocycles. The van der Waals surface area contributed by atoms with Crippen molar-refractivity contribution in [3.63, 3.8) is 0 Å². The number of benzene rings is 2. The third-order valence-corrected chi connectivity index (χ3v) is 4.52. The smallest absolute Gasteiger partial charge is 0.223 e. The first-order valence-corrected chi connectivity index (χ1v) is 8.61. The molecule has 0 spiro atoms. The zero-order valence-corrected chi connectivity index (χ0v) is 15.2. The Morgan fingerprint density at radius 1 is 1.19 bits per heavy atom. The fourth-order valence-corrected chi connectivity index (χ4v) is 3.06.